The molecule has 0 saturated carbocycles. The van der Waals surface area contributed by atoms with E-state index in [1.165, 1.54) is 38.8 Å². The Labute approximate surface area is 201 Å². The van der Waals surface area contributed by atoms with Crippen molar-refractivity contribution < 1.29 is 9.47 Å². The number of ether oxygens (including phenoxy) is 2. The summed E-state index contributed by atoms with van der Waals surface area (Å²) in [6.45, 7) is 14.6. The fourth-order valence-electron chi connectivity index (χ4n) is 4.63. The van der Waals surface area contributed by atoms with Crippen molar-refractivity contribution in [2.45, 2.75) is 45.6 Å². The van der Waals surface area contributed by atoms with E-state index in [9.17, 15) is 0 Å². The van der Waals surface area contributed by atoms with E-state index in [4.69, 9.17) is 9.47 Å². The average Bonchev–Trinajstić information content (AvgIpc) is 2.78. The number of piperidine rings is 1. The van der Waals surface area contributed by atoms with Gasteiger partial charge in [0.05, 0.1) is 19.8 Å². The molecule has 0 aliphatic carbocycles. The monoisotopic (exact) mass is 539 g/mol. The van der Waals surface area contributed by atoms with Crippen LogP contribution in [0.15, 0.2) is 4.99 Å². The lowest BCUT2D eigenvalue weighted by Gasteiger charge is -2.39. The van der Waals surface area contributed by atoms with Gasteiger partial charge in [0.15, 0.2) is 5.96 Å². The Morgan fingerprint density at radius 2 is 1.77 bits per heavy atom. The first kappa shape index (κ1) is 27.9. The molecule has 0 aromatic carbocycles. The lowest BCUT2D eigenvalue weighted by molar-refractivity contribution is 0.00271. The van der Waals surface area contributed by atoms with Crippen LogP contribution >= 0.6 is 24.0 Å². The van der Waals surface area contributed by atoms with E-state index in [2.05, 4.69) is 39.3 Å². The van der Waals surface area contributed by atoms with Gasteiger partial charge in [0.2, 0.25) is 0 Å². The molecule has 2 heterocycles. The van der Waals surface area contributed by atoms with Gasteiger partial charge in [-0.2, -0.15) is 0 Å². The van der Waals surface area contributed by atoms with E-state index in [1.807, 2.05) is 7.05 Å². The van der Waals surface area contributed by atoms with Crippen LogP contribution in [0.5, 0.6) is 0 Å². The van der Waals surface area contributed by atoms with Gasteiger partial charge in [0, 0.05) is 52.9 Å². The quantitative estimate of drug-likeness (QED) is 0.239. The SMILES string of the molecule is CCC(CC)C(CNC(=NC)NCC1CCN(CCOC)CC1)N1CCOCC1.I. The molecular formula is C22H46IN5O2. The third kappa shape index (κ3) is 9.54. The van der Waals surface area contributed by atoms with Crippen molar-refractivity contribution in [3.8, 4) is 0 Å². The maximum atomic E-state index is 5.57. The Morgan fingerprint density at radius 1 is 1.10 bits per heavy atom. The van der Waals surface area contributed by atoms with Crippen LogP contribution in [0.2, 0.25) is 0 Å². The number of rotatable bonds is 11. The third-order valence-electron chi connectivity index (χ3n) is 6.69. The molecule has 1 unspecified atom stereocenters. The van der Waals surface area contributed by atoms with Gasteiger partial charge < -0.3 is 25.0 Å². The Balaban J connectivity index is 0.00000450. The van der Waals surface area contributed by atoms with Gasteiger partial charge in [-0.25, -0.2) is 0 Å². The fraction of sp³-hybridized carbons (Fsp3) is 0.955. The van der Waals surface area contributed by atoms with Crippen molar-refractivity contribution in [1.29, 1.82) is 0 Å². The summed E-state index contributed by atoms with van der Waals surface area (Å²) in [5, 5.41) is 7.20. The summed E-state index contributed by atoms with van der Waals surface area (Å²) >= 11 is 0. The molecular weight excluding hydrogens is 493 g/mol. The summed E-state index contributed by atoms with van der Waals surface area (Å²) in [6, 6.07) is 0.538. The number of aliphatic imine (C=N–C) groups is 1. The smallest absolute Gasteiger partial charge is 0.191 e. The molecule has 0 amide bonds. The largest absolute Gasteiger partial charge is 0.383 e. The Bertz CT molecular complexity index is 451. The minimum atomic E-state index is 0. The van der Waals surface area contributed by atoms with Crippen molar-refractivity contribution in [1.82, 2.24) is 20.4 Å². The van der Waals surface area contributed by atoms with Crippen LogP contribution < -0.4 is 10.6 Å². The van der Waals surface area contributed by atoms with Crippen LogP contribution in [0.3, 0.4) is 0 Å². The van der Waals surface area contributed by atoms with Gasteiger partial charge in [-0.05, 0) is 37.8 Å². The van der Waals surface area contributed by atoms with E-state index in [0.717, 1.165) is 64.4 Å². The van der Waals surface area contributed by atoms with E-state index >= 15 is 0 Å². The summed E-state index contributed by atoms with van der Waals surface area (Å²) in [4.78, 5) is 9.60. The van der Waals surface area contributed by atoms with Gasteiger partial charge >= 0.3 is 0 Å². The molecule has 0 aromatic heterocycles. The summed E-state index contributed by atoms with van der Waals surface area (Å²) in [5.41, 5.74) is 0. The molecule has 8 heteroatoms. The highest BCUT2D eigenvalue weighted by molar-refractivity contribution is 14.0. The summed E-state index contributed by atoms with van der Waals surface area (Å²) in [6.07, 6.45) is 4.93. The second-order valence-corrected chi connectivity index (χ2v) is 8.40. The van der Waals surface area contributed by atoms with E-state index in [-0.39, 0.29) is 24.0 Å². The minimum Gasteiger partial charge on any atom is -0.383 e. The van der Waals surface area contributed by atoms with Crippen LogP contribution in [0.25, 0.3) is 0 Å². The normalized spacial score (nSPS) is 20.8. The second-order valence-electron chi connectivity index (χ2n) is 8.40. The molecule has 0 bridgehead atoms. The number of guanidine groups is 1. The van der Waals surface area contributed by atoms with Crippen LogP contribution in [0, 0.1) is 11.8 Å². The molecule has 1 atom stereocenters. The topological polar surface area (TPSA) is 61.4 Å². The first-order chi connectivity index (χ1) is 14.2. The predicted molar refractivity (Wildman–Crippen MR) is 136 cm³/mol. The fourth-order valence-corrected chi connectivity index (χ4v) is 4.63. The third-order valence-corrected chi connectivity index (χ3v) is 6.69. The van der Waals surface area contributed by atoms with Gasteiger partial charge in [0.25, 0.3) is 0 Å². The molecule has 0 aromatic rings. The zero-order valence-electron chi connectivity index (χ0n) is 19.7. The van der Waals surface area contributed by atoms with Crippen molar-refractivity contribution >= 4 is 29.9 Å². The number of hydrogen-bond donors (Lipinski definition) is 2. The molecule has 2 saturated heterocycles. The second kappa shape index (κ2) is 16.5. The van der Waals surface area contributed by atoms with E-state index in [0.29, 0.717) is 12.0 Å². The molecule has 2 aliphatic heterocycles. The van der Waals surface area contributed by atoms with Crippen LogP contribution in [-0.2, 0) is 9.47 Å². The molecule has 30 heavy (non-hydrogen) atoms. The maximum absolute atomic E-state index is 5.57. The molecule has 178 valence electrons. The van der Waals surface area contributed by atoms with E-state index in [1.54, 1.807) is 7.11 Å². The average molecular weight is 540 g/mol. The Hall–Kier alpha value is -0.160. The van der Waals surface area contributed by atoms with Crippen LogP contribution in [0.1, 0.15) is 39.5 Å². The number of halogens is 1. The van der Waals surface area contributed by atoms with E-state index < -0.39 is 0 Å². The minimum absolute atomic E-state index is 0. The Kier molecular flexibility index (Phi) is 15.3. The van der Waals surface area contributed by atoms with Crippen LogP contribution in [0.4, 0.5) is 0 Å². The summed E-state index contributed by atoms with van der Waals surface area (Å²) in [7, 11) is 3.66. The number of methoxy groups -OCH3 is 1. The van der Waals surface area contributed by atoms with Crippen molar-refractivity contribution in [2.24, 2.45) is 16.8 Å². The van der Waals surface area contributed by atoms with Gasteiger partial charge in [-0.1, -0.05) is 26.7 Å². The van der Waals surface area contributed by atoms with Crippen molar-refractivity contribution in [3.63, 3.8) is 0 Å². The number of morpholine rings is 1. The van der Waals surface area contributed by atoms with Gasteiger partial charge in [-0.15, -0.1) is 24.0 Å². The first-order valence-corrected chi connectivity index (χ1v) is 11.7. The Morgan fingerprint density at radius 3 is 2.33 bits per heavy atom. The molecule has 7 nitrogen and oxygen atoms in total. The standard InChI is InChI=1S/C22H45N5O2.HI/c1-5-20(6-2)21(27-12-15-29-16-13-27)18-25-22(23-3)24-17-19-7-9-26(10-8-19)11-14-28-4;/h19-21H,5-18H2,1-4H3,(H2,23,24,25);1H. The number of likely N-dealkylation sites (tertiary alicyclic amines) is 1. The molecule has 2 rings (SSSR count). The number of nitrogens with zero attached hydrogens (tertiary/aromatic N) is 3. The van der Waals surface area contributed by atoms with Crippen molar-refractivity contribution in [2.75, 3.05) is 79.8 Å². The lowest BCUT2D eigenvalue weighted by atomic mass is 9.92. The zero-order chi connectivity index (χ0) is 20.9. The van der Waals surface area contributed by atoms with Crippen molar-refractivity contribution in [3.05, 3.63) is 0 Å². The maximum Gasteiger partial charge on any atom is 0.191 e. The van der Waals surface area contributed by atoms with Gasteiger partial charge in [-0.3, -0.25) is 9.89 Å². The molecule has 2 fully saturated rings. The molecule has 2 aliphatic rings. The number of hydrogen-bond acceptors (Lipinski definition) is 5. The lowest BCUT2D eigenvalue weighted by Crippen LogP contribution is -2.53. The summed E-state index contributed by atoms with van der Waals surface area (Å²) in [5.74, 6) is 2.37. The predicted octanol–water partition coefficient (Wildman–Crippen LogP) is 2.26. The molecule has 2 N–H and O–H groups in total. The van der Waals surface area contributed by atoms with Gasteiger partial charge in [0.1, 0.15) is 0 Å². The zero-order valence-corrected chi connectivity index (χ0v) is 22.0. The highest BCUT2D eigenvalue weighted by atomic mass is 127. The molecule has 0 spiro atoms. The molecule has 0 radical (unpaired) electrons. The highest BCUT2D eigenvalue weighted by Crippen LogP contribution is 2.20. The number of nitrogens with one attached hydrogen (secondary N) is 2. The first-order valence-electron chi connectivity index (χ1n) is 11.7. The summed E-state index contributed by atoms with van der Waals surface area (Å²) < 4.78 is 10.8. The highest BCUT2D eigenvalue weighted by Gasteiger charge is 2.27. The van der Waals surface area contributed by atoms with Crippen LogP contribution in [-0.4, -0.2) is 102 Å².